The summed E-state index contributed by atoms with van der Waals surface area (Å²) < 4.78 is 8.32. The van der Waals surface area contributed by atoms with E-state index in [4.69, 9.17) is 4.74 Å². The van der Waals surface area contributed by atoms with Gasteiger partial charge in [-0.1, -0.05) is 34.6 Å². The van der Waals surface area contributed by atoms with E-state index >= 15 is 0 Å². The molecular weight excluding hydrogens is 450 g/mol. The van der Waals surface area contributed by atoms with Crippen molar-refractivity contribution in [2.45, 2.75) is 79.9 Å². The van der Waals surface area contributed by atoms with Crippen LogP contribution in [0.3, 0.4) is 0 Å². The van der Waals surface area contributed by atoms with Crippen LogP contribution in [-0.4, -0.2) is 55.3 Å². The van der Waals surface area contributed by atoms with Crippen LogP contribution in [0.25, 0.3) is 11.3 Å². The molecule has 0 N–H and O–H groups in total. The van der Waals surface area contributed by atoms with Gasteiger partial charge in [0.05, 0.1) is 6.20 Å². The summed E-state index contributed by atoms with van der Waals surface area (Å²) >= 11 is 3.26. The Morgan fingerprint density at radius 1 is 1.10 bits per heavy atom. The number of rotatable bonds is 6. The topological polar surface area (TPSA) is 82.2 Å². The Labute approximate surface area is 187 Å². The van der Waals surface area contributed by atoms with Crippen molar-refractivity contribution in [3.63, 3.8) is 0 Å². The van der Waals surface area contributed by atoms with Crippen molar-refractivity contribution >= 4 is 33.3 Å². The van der Waals surface area contributed by atoms with Gasteiger partial charge in [0, 0.05) is 6.04 Å². The van der Waals surface area contributed by atoms with Gasteiger partial charge >= 0.3 is 11.8 Å². The predicted octanol–water partition coefficient (Wildman–Crippen LogP) is 4.85. The zero-order valence-electron chi connectivity index (χ0n) is 19.5. The molecule has 2 rings (SSSR count). The molecule has 0 amide bonds. The second-order valence-electron chi connectivity index (χ2n) is 7.90. The summed E-state index contributed by atoms with van der Waals surface area (Å²) in [5.41, 5.74) is -0.591. The van der Waals surface area contributed by atoms with Crippen molar-refractivity contribution in [1.29, 1.82) is 0 Å². The lowest BCUT2D eigenvalue weighted by molar-refractivity contribution is 0.0535. The largest absolute Gasteiger partial charge is 0.443 e. The van der Waals surface area contributed by atoms with E-state index in [9.17, 15) is 9.59 Å². The molecule has 0 radical (unpaired) electrons. The summed E-state index contributed by atoms with van der Waals surface area (Å²) in [6.45, 7) is 19.3. The van der Waals surface area contributed by atoms with Gasteiger partial charge in [0.1, 0.15) is 10.2 Å². The van der Waals surface area contributed by atoms with Crippen molar-refractivity contribution in [2.24, 2.45) is 0 Å². The average molecular weight is 486 g/mol. The molecule has 9 heteroatoms. The molecule has 0 aliphatic rings. The zero-order chi connectivity index (χ0) is 23.1. The fourth-order valence-corrected chi connectivity index (χ4v) is 3.36. The van der Waals surface area contributed by atoms with Crippen molar-refractivity contribution in [3.8, 4) is 0 Å². The fourth-order valence-electron chi connectivity index (χ4n) is 3.09. The van der Waals surface area contributed by atoms with E-state index in [0.29, 0.717) is 10.3 Å². The van der Waals surface area contributed by atoms with Gasteiger partial charge in [-0.2, -0.15) is 4.57 Å². The fraction of sp³-hybridized carbons (Fsp3) is 0.714. The first-order valence-corrected chi connectivity index (χ1v) is 11.4. The first-order chi connectivity index (χ1) is 14.0. The highest BCUT2D eigenvalue weighted by molar-refractivity contribution is 9.10. The van der Waals surface area contributed by atoms with Crippen LogP contribution in [0.4, 0.5) is 4.79 Å². The molecule has 0 saturated heterocycles. The number of ether oxygens (including phenoxy) is 1. The molecule has 0 spiro atoms. The standard InChI is InChI=1S/C15H21BrN4O3.C6H15N/c1-6-9(7-2)19-12-11(17-8-10(16)18-12)20(13(19)21)14(22)23-15(3,4)5;1-4-7(5-2)6-3/h8-9H,6-7H2,1-5H3;4-6H2,1-3H3. The first kappa shape index (κ1) is 26.3. The highest BCUT2D eigenvalue weighted by Gasteiger charge is 2.27. The van der Waals surface area contributed by atoms with Gasteiger partial charge in [0.15, 0.2) is 11.3 Å². The lowest BCUT2D eigenvalue weighted by Crippen LogP contribution is -2.35. The molecule has 2 aromatic rings. The maximum Gasteiger partial charge on any atom is 0.424 e. The summed E-state index contributed by atoms with van der Waals surface area (Å²) in [6.07, 6.45) is 2.21. The Hall–Kier alpha value is -1.74. The quantitative estimate of drug-likeness (QED) is 0.581. The SMILES string of the molecule is CCC(CC)n1c(=O)n(C(=O)OC(C)(C)C)c2ncc(Br)nc21.CCN(CC)CC. The van der Waals surface area contributed by atoms with Crippen LogP contribution in [0.5, 0.6) is 0 Å². The number of nitrogens with zero attached hydrogens (tertiary/aromatic N) is 5. The lowest BCUT2D eigenvalue weighted by Gasteiger charge is -2.19. The molecule has 0 aliphatic carbocycles. The Kier molecular flexibility index (Phi) is 10.2. The molecule has 0 bridgehead atoms. The molecule has 2 heterocycles. The van der Waals surface area contributed by atoms with Crippen LogP contribution in [0, 0.1) is 0 Å². The van der Waals surface area contributed by atoms with E-state index in [1.54, 1.807) is 20.8 Å². The third-order valence-electron chi connectivity index (χ3n) is 4.77. The highest BCUT2D eigenvalue weighted by atomic mass is 79.9. The predicted molar refractivity (Wildman–Crippen MR) is 124 cm³/mol. The zero-order valence-corrected chi connectivity index (χ0v) is 21.1. The van der Waals surface area contributed by atoms with Crippen LogP contribution < -0.4 is 5.69 Å². The van der Waals surface area contributed by atoms with Gasteiger partial charge in [0.2, 0.25) is 0 Å². The molecule has 170 valence electrons. The smallest absolute Gasteiger partial charge is 0.424 e. The van der Waals surface area contributed by atoms with Gasteiger partial charge in [-0.15, -0.1) is 0 Å². The van der Waals surface area contributed by atoms with E-state index in [-0.39, 0.29) is 11.7 Å². The molecule has 0 unspecified atom stereocenters. The van der Waals surface area contributed by atoms with Crippen molar-refractivity contribution in [2.75, 3.05) is 19.6 Å². The summed E-state index contributed by atoms with van der Waals surface area (Å²) in [5.74, 6) is 0. The van der Waals surface area contributed by atoms with Crippen molar-refractivity contribution in [3.05, 3.63) is 21.3 Å². The molecular formula is C21H36BrN5O3. The maximum atomic E-state index is 12.8. The van der Waals surface area contributed by atoms with Crippen LogP contribution in [0.15, 0.2) is 15.6 Å². The molecule has 0 atom stereocenters. The van der Waals surface area contributed by atoms with Gasteiger partial charge in [0.25, 0.3) is 0 Å². The Bertz CT molecular complexity index is 872. The van der Waals surface area contributed by atoms with E-state index in [2.05, 4.69) is 51.6 Å². The molecule has 0 aromatic carbocycles. The van der Waals surface area contributed by atoms with Crippen LogP contribution >= 0.6 is 15.9 Å². The van der Waals surface area contributed by atoms with E-state index in [0.717, 1.165) is 17.4 Å². The van der Waals surface area contributed by atoms with Crippen molar-refractivity contribution in [1.82, 2.24) is 24.0 Å². The number of fused-ring (bicyclic) bond motifs is 1. The van der Waals surface area contributed by atoms with Gasteiger partial charge < -0.3 is 9.64 Å². The normalized spacial score (nSPS) is 11.7. The first-order valence-electron chi connectivity index (χ1n) is 10.7. The average Bonchev–Trinajstić information content (AvgIpc) is 2.95. The van der Waals surface area contributed by atoms with E-state index in [1.807, 2.05) is 13.8 Å². The Morgan fingerprint density at radius 2 is 1.63 bits per heavy atom. The summed E-state index contributed by atoms with van der Waals surface area (Å²) in [5, 5.41) is 0. The van der Waals surface area contributed by atoms with E-state index < -0.39 is 17.4 Å². The van der Waals surface area contributed by atoms with Crippen LogP contribution in [0.1, 0.15) is 74.3 Å². The van der Waals surface area contributed by atoms with Gasteiger partial charge in [-0.3, -0.25) is 4.57 Å². The minimum Gasteiger partial charge on any atom is -0.443 e. The molecule has 8 nitrogen and oxygen atoms in total. The maximum absolute atomic E-state index is 12.8. The lowest BCUT2D eigenvalue weighted by atomic mass is 10.2. The molecule has 0 aliphatic heterocycles. The molecule has 0 saturated carbocycles. The number of carbonyl (C=O) groups excluding carboxylic acids is 1. The van der Waals surface area contributed by atoms with Gasteiger partial charge in [-0.05, 0) is 69.2 Å². The number of halogens is 1. The number of carbonyl (C=O) groups is 1. The van der Waals surface area contributed by atoms with Crippen LogP contribution in [0.2, 0.25) is 0 Å². The summed E-state index contributed by atoms with van der Waals surface area (Å²) in [4.78, 5) is 36.2. The second-order valence-corrected chi connectivity index (χ2v) is 8.71. The third kappa shape index (κ3) is 6.63. The molecule has 30 heavy (non-hydrogen) atoms. The number of imidazole rings is 1. The summed E-state index contributed by atoms with van der Waals surface area (Å²) in [6, 6.07) is -0.0581. The summed E-state index contributed by atoms with van der Waals surface area (Å²) in [7, 11) is 0. The third-order valence-corrected chi connectivity index (χ3v) is 5.15. The Balaban J connectivity index is 0.000000553. The Morgan fingerprint density at radius 3 is 2.03 bits per heavy atom. The minimum atomic E-state index is -0.742. The van der Waals surface area contributed by atoms with Gasteiger partial charge in [-0.25, -0.2) is 19.6 Å². The molecule has 0 fully saturated rings. The number of aromatic nitrogens is 4. The van der Waals surface area contributed by atoms with Crippen molar-refractivity contribution < 1.29 is 9.53 Å². The number of hydrogen-bond acceptors (Lipinski definition) is 6. The molecule has 2 aromatic heterocycles. The monoisotopic (exact) mass is 485 g/mol. The highest BCUT2D eigenvalue weighted by Crippen LogP contribution is 2.21. The van der Waals surface area contributed by atoms with Crippen LogP contribution in [-0.2, 0) is 4.74 Å². The number of hydrogen-bond donors (Lipinski definition) is 0. The second kappa shape index (κ2) is 11.6. The minimum absolute atomic E-state index is 0.0581. The van der Waals surface area contributed by atoms with E-state index in [1.165, 1.54) is 30.4 Å².